The number of nitrogens with one attached hydrogen (secondary N) is 1. The number of nitrogens with zero attached hydrogens (tertiary/aromatic N) is 4. The highest BCUT2D eigenvalue weighted by molar-refractivity contribution is 5.93. The Morgan fingerprint density at radius 2 is 1.90 bits per heavy atom. The van der Waals surface area contributed by atoms with Crippen LogP contribution >= 0.6 is 0 Å². The van der Waals surface area contributed by atoms with Gasteiger partial charge >= 0.3 is 0 Å². The molecule has 2 aromatic rings. The predicted molar refractivity (Wildman–Crippen MR) is 75.2 cm³/mol. The molecule has 0 aromatic carbocycles. The molecular formula is C14H17N5O. The molecule has 1 aliphatic rings. The van der Waals surface area contributed by atoms with Gasteiger partial charge in [0.05, 0.1) is 5.69 Å². The number of hydrogen-bond donors (Lipinski definition) is 1. The van der Waals surface area contributed by atoms with Crippen molar-refractivity contribution in [2.45, 2.75) is 0 Å². The Morgan fingerprint density at radius 1 is 1.20 bits per heavy atom. The average molecular weight is 271 g/mol. The number of aromatic amines is 1. The minimum absolute atomic E-state index is 0.0194. The normalized spacial score (nSPS) is 16.4. The van der Waals surface area contributed by atoms with Crippen LogP contribution in [-0.4, -0.2) is 64.1 Å². The smallest absolute Gasteiger partial charge is 0.271 e. The molecule has 0 unspecified atom stereocenters. The molecule has 104 valence electrons. The summed E-state index contributed by atoms with van der Waals surface area (Å²) >= 11 is 0. The van der Waals surface area contributed by atoms with Gasteiger partial charge in [-0.1, -0.05) is 0 Å². The highest BCUT2D eigenvalue weighted by Crippen LogP contribution is 2.17. The topological polar surface area (TPSA) is 65.1 Å². The van der Waals surface area contributed by atoms with Gasteiger partial charge in [-0.3, -0.25) is 14.9 Å². The van der Waals surface area contributed by atoms with E-state index in [1.54, 1.807) is 18.5 Å². The van der Waals surface area contributed by atoms with Crippen molar-refractivity contribution in [3.05, 3.63) is 36.3 Å². The molecule has 1 fully saturated rings. The second-order valence-corrected chi connectivity index (χ2v) is 5.00. The van der Waals surface area contributed by atoms with E-state index in [0.717, 1.165) is 37.4 Å². The molecule has 6 nitrogen and oxygen atoms in total. The zero-order valence-corrected chi connectivity index (χ0v) is 11.4. The van der Waals surface area contributed by atoms with Gasteiger partial charge in [-0.05, 0) is 25.2 Å². The van der Waals surface area contributed by atoms with Gasteiger partial charge < -0.3 is 9.80 Å². The third kappa shape index (κ3) is 2.55. The Morgan fingerprint density at radius 3 is 2.60 bits per heavy atom. The molecule has 1 amide bonds. The Balaban J connectivity index is 1.75. The van der Waals surface area contributed by atoms with Crippen LogP contribution in [0.2, 0.25) is 0 Å². The fourth-order valence-electron chi connectivity index (χ4n) is 2.28. The molecule has 3 heterocycles. The summed E-state index contributed by atoms with van der Waals surface area (Å²) in [5.74, 6) is 0.0194. The maximum absolute atomic E-state index is 12.4. The molecule has 1 saturated heterocycles. The van der Waals surface area contributed by atoms with Gasteiger partial charge in [0.15, 0.2) is 0 Å². The molecule has 2 aromatic heterocycles. The first kappa shape index (κ1) is 12.8. The van der Waals surface area contributed by atoms with Crippen molar-refractivity contribution in [3.63, 3.8) is 0 Å². The summed E-state index contributed by atoms with van der Waals surface area (Å²) < 4.78 is 0. The lowest BCUT2D eigenvalue weighted by Gasteiger charge is -2.31. The van der Waals surface area contributed by atoms with Crippen molar-refractivity contribution in [2.24, 2.45) is 0 Å². The van der Waals surface area contributed by atoms with Crippen molar-refractivity contribution < 1.29 is 4.79 Å². The Bertz CT molecular complexity index is 587. The van der Waals surface area contributed by atoms with Crippen LogP contribution in [0.5, 0.6) is 0 Å². The molecule has 3 rings (SSSR count). The maximum Gasteiger partial charge on any atom is 0.271 e. The highest BCUT2D eigenvalue weighted by atomic mass is 16.2. The van der Waals surface area contributed by atoms with Crippen molar-refractivity contribution in [1.82, 2.24) is 25.0 Å². The summed E-state index contributed by atoms with van der Waals surface area (Å²) in [6.07, 6.45) is 3.43. The van der Waals surface area contributed by atoms with Crippen LogP contribution in [-0.2, 0) is 0 Å². The quantitative estimate of drug-likeness (QED) is 0.880. The first-order valence-electron chi connectivity index (χ1n) is 6.67. The Hall–Kier alpha value is -2.21. The van der Waals surface area contributed by atoms with Gasteiger partial charge in [0, 0.05) is 44.1 Å². The lowest BCUT2D eigenvalue weighted by molar-refractivity contribution is 0.0658. The number of pyridine rings is 1. The molecule has 20 heavy (non-hydrogen) atoms. The molecule has 0 radical (unpaired) electrons. The van der Waals surface area contributed by atoms with Gasteiger partial charge in [-0.25, -0.2) is 0 Å². The second kappa shape index (κ2) is 5.42. The van der Waals surface area contributed by atoms with Crippen LogP contribution in [0.1, 0.15) is 10.5 Å². The number of likely N-dealkylation sites (N-methyl/N-ethyl adjacent to an activating group) is 1. The second-order valence-electron chi connectivity index (χ2n) is 5.00. The zero-order valence-electron chi connectivity index (χ0n) is 11.4. The lowest BCUT2D eigenvalue weighted by Crippen LogP contribution is -2.47. The molecule has 0 saturated carbocycles. The van der Waals surface area contributed by atoms with E-state index in [9.17, 15) is 4.79 Å². The monoisotopic (exact) mass is 271 g/mol. The largest absolute Gasteiger partial charge is 0.335 e. The van der Waals surface area contributed by atoms with E-state index in [-0.39, 0.29) is 5.91 Å². The molecule has 0 spiro atoms. The average Bonchev–Trinajstić information content (AvgIpc) is 2.98. The Labute approximate surface area is 117 Å². The van der Waals surface area contributed by atoms with Crippen LogP contribution in [0.15, 0.2) is 30.6 Å². The number of H-pyrrole nitrogens is 1. The molecular weight excluding hydrogens is 254 g/mol. The zero-order chi connectivity index (χ0) is 13.9. The standard InChI is InChI=1S/C14H17N5O/c1-18-6-8-19(9-7-18)14(20)13-10-12(16-17-13)11-2-4-15-5-3-11/h2-5,10H,6-9H2,1H3,(H,16,17). The van der Waals surface area contributed by atoms with Crippen LogP contribution in [0.4, 0.5) is 0 Å². The lowest BCUT2D eigenvalue weighted by atomic mass is 10.2. The number of piperazine rings is 1. The molecule has 6 heteroatoms. The van der Waals surface area contributed by atoms with Gasteiger partial charge in [0.25, 0.3) is 5.91 Å². The van der Waals surface area contributed by atoms with Gasteiger partial charge in [0.2, 0.25) is 0 Å². The van der Waals surface area contributed by atoms with E-state index < -0.39 is 0 Å². The van der Waals surface area contributed by atoms with Gasteiger partial charge in [0.1, 0.15) is 5.69 Å². The minimum atomic E-state index is 0.0194. The summed E-state index contributed by atoms with van der Waals surface area (Å²) in [4.78, 5) is 20.4. The number of carbonyl (C=O) groups excluding carboxylic acids is 1. The van der Waals surface area contributed by atoms with Crippen LogP contribution in [0.3, 0.4) is 0 Å². The summed E-state index contributed by atoms with van der Waals surface area (Å²) in [6, 6.07) is 5.55. The SMILES string of the molecule is CN1CCN(C(=O)c2cc(-c3ccncc3)n[nH]2)CC1. The van der Waals surface area contributed by atoms with Crippen molar-refractivity contribution in [1.29, 1.82) is 0 Å². The summed E-state index contributed by atoms with van der Waals surface area (Å²) in [6.45, 7) is 3.35. The van der Waals surface area contributed by atoms with E-state index in [0.29, 0.717) is 5.69 Å². The van der Waals surface area contributed by atoms with Crippen molar-refractivity contribution in [3.8, 4) is 11.3 Å². The van der Waals surface area contributed by atoms with Crippen LogP contribution < -0.4 is 0 Å². The third-order valence-corrected chi connectivity index (χ3v) is 3.57. The summed E-state index contributed by atoms with van der Waals surface area (Å²) in [7, 11) is 2.07. The maximum atomic E-state index is 12.4. The Kier molecular flexibility index (Phi) is 3.47. The highest BCUT2D eigenvalue weighted by Gasteiger charge is 2.22. The fraction of sp³-hybridized carbons (Fsp3) is 0.357. The van der Waals surface area contributed by atoms with Crippen LogP contribution in [0.25, 0.3) is 11.3 Å². The van der Waals surface area contributed by atoms with Crippen molar-refractivity contribution in [2.75, 3.05) is 33.2 Å². The van der Waals surface area contributed by atoms with Crippen LogP contribution in [0, 0.1) is 0 Å². The first-order valence-corrected chi connectivity index (χ1v) is 6.67. The van der Waals surface area contributed by atoms with E-state index in [1.165, 1.54) is 0 Å². The number of aromatic nitrogens is 3. The molecule has 1 N–H and O–H groups in total. The molecule has 1 aliphatic heterocycles. The van der Waals surface area contributed by atoms with Gasteiger partial charge in [-0.15, -0.1) is 0 Å². The first-order chi connectivity index (χ1) is 9.74. The van der Waals surface area contributed by atoms with Gasteiger partial charge in [-0.2, -0.15) is 5.10 Å². The molecule has 0 atom stereocenters. The predicted octanol–water partition coefficient (Wildman–Crippen LogP) is 0.859. The third-order valence-electron chi connectivity index (χ3n) is 3.57. The molecule has 0 aliphatic carbocycles. The van der Waals surface area contributed by atoms with E-state index >= 15 is 0 Å². The van der Waals surface area contributed by atoms with E-state index in [4.69, 9.17) is 0 Å². The number of rotatable bonds is 2. The minimum Gasteiger partial charge on any atom is -0.335 e. The number of carbonyl (C=O) groups is 1. The van der Waals surface area contributed by atoms with Crippen molar-refractivity contribution >= 4 is 5.91 Å². The summed E-state index contributed by atoms with van der Waals surface area (Å²) in [5.41, 5.74) is 2.26. The number of hydrogen-bond acceptors (Lipinski definition) is 4. The fourth-order valence-corrected chi connectivity index (χ4v) is 2.28. The number of amides is 1. The van der Waals surface area contributed by atoms with E-state index in [2.05, 4.69) is 27.1 Å². The summed E-state index contributed by atoms with van der Waals surface area (Å²) in [5, 5.41) is 7.04. The molecule has 0 bridgehead atoms. The van der Waals surface area contributed by atoms with E-state index in [1.807, 2.05) is 17.0 Å².